The van der Waals surface area contributed by atoms with Crippen LogP contribution in [0.25, 0.3) is 0 Å². The van der Waals surface area contributed by atoms with Crippen molar-refractivity contribution in [3.63, 3.8) is 0 Å². The highest BCUT2D eigenvalue weighted by Crippen LogP contribution is 2.22. The fraction of sp³-hybridized carbons (Fsp3) is 0.462. The maximum absolute atomic E-state index is 12.0. The molecule has 3 nitrogen and oxygen atoms in total. The summed E-state index contributed by atoms with van der Waals surface area (Å²) in [5.41, 5.74) is 0.581. The van der Waals surface area contributed by atoms with E-state index in [1.807, 2.05) is 12.1 Å². The number of rotatable bonds is 5. The van der Waals surface area contributed by atoms with Crippen LogP contribution in [-0.2, 0) is 0 Å². The molecule has 1 rings (SSSR count). The molecule has 0 bridgehead atoms. The van der Waals surface area contributed by atoms with Crippen molar-refractivity contribution in [1.29, 1.82) is 0 Å². The molecule has 18 heavy (non-hydrogen) atoms. The van der Waals surface area contributed by atoms with E-state index in [1.54, 1.807) is 13.2 Å². The molecule has 1 N–H and O–H groups in total. The van der Waals surface area contributed by atoms with Gasteiger partial charge < -0.3 is 10.1 Å². The Balaban J connectivity index is 2.72. The van der Waals surface area contributed by atoms with Crippen molar-refractivity contribution in [3.8, 4) is 5.75 Å². The average molecular weight is 379 g/mol. The highest BCUT2D eigenvalue weighted by atomic mass is 79.9. The second-order valence-electron chi connectivity index (χ2n) is 4.32. The van der Waals surface area contributed by atoms with Gasteiger partial charge in [0.25, 0.3) is 5.91 Å². The van der Waals surface area contributed by atoms with Crippen LogP contribution < -0.4 is 10.1 Å². The van der Waals surface area contributed by atoms with Crippen LogP contribution in [-0.4, -0.2) is 24.4 Å². The first-order valence-corrected chi connectivity index (χ1v) is 7.42. The molecule has 1 unspecified atom stereocenters. The number of carbonyl (C=O) groups excluding carboxylic acids is 1. The number of halogens is 2. The molecule has 0 aliphatic heterocycles. The third-order valence-electron chi connectivity index (χ3n) is 2.60. The van der Waals surface area contributed by atoms with E-state index in [0.29, 0.717) is 23.8 Å². The number of methoxy groups -OCH3 is 1. The summed E-state index contributed by atoms with van der Waals surface area (Å²) in [6, 6.07) is 5.34. The summed E-state index contributed by atoms with van der Waals surface area (Å²) >= 11 is 6.91. The molecule has 0 spiro atoms. The minimum atomic E-state index is -0.106. The largest absolute Gasteiger partial charge is 0.497 e. The van der Waals surface area contributed by atoms with Crippen molar-refractivity contribution < 1.29 is 9.53 Å². The highest BCUT2D eigenvalue weighted by Gasteiger charge is 2.14. The molecular weight excluding hydrogens is 362 g/mol. The van der Waals surface area contributed by atoms with Crippen LogP contribution in [0.15, 0.2) is 22.7 Å². The predicted octanol–water partition coefficient (Wildman–Crippen LogP) is 3.61. The summed E-state index contributed by atoms with van der Waals surface area (Å²) in [7, 11) is 1.58. The Hall–Kier alpha value is -0.550. The van der Waals surface area contributed by atoms with Crippen molar-refractivity contribution in [3.05, 3.63) is 28.2 Å². The topological polar surface area (TPSA) is 38.3 Å². The second-order valence-corrected chi connectivity index (χ2v) is 6.35. The van der Waals surface area contributed by atoms with Gasteiger partial charge in [0, 0.05) is 15.8 Å². The van der Waals surface area contributed by atoms with Gasteiger partial charge in [-0.05, 0) is 40.0 Å². The minimum Gasteiger partial charge on any atom is -0.497 e. The smallest absolute Gasteiger partial charge is 0.252 e. The van der Waals surface area contributed by atoms with Gasteiger partial charge in [0.15, 0.2) is 0 Å². The van der Waals surface area contributed by atoms with E-state index in [0.717, 1.165) is 4.47 Å². The molecule has 1 aromatic carbocycles. The third-order valence-corrected chi connectivity index (χ3v) is 4.67. The van der Waals surface area contributed by atoms with Gasteiger partial charge >= 0.3 is 0 Å². The quantitative estimate of drug-likeness (QED) is 0.795. The lowest BCUT2D eigenvalue weighted by molar-refractivity contribution is 0.0951. The van der Waals surface area contributed by atoms with E-state index in [2.05, 4.69) is 51.0 Å². The molecule has 0 aliphatic carbocycles. The van der Waals surface area contributed by atoms with Gasteiger partial charge in [-0.2, -0.15) is 0 Å². The third kappa shape index (κ3) is 4.28. The van der Waals surface area contributed by atoms with Crippen LogP contribution in [0.5, 0.6) is 5.75 Å². The first-order chi connectivity index (χ1) is 8.45. The molecule has 0 aromatic heterocycles. The summed E-state index contributed by atoms with van der Waals surface area (Å²) in [6.07, 6.45) is 0. The molecule has 1 atom stereocenters. The molecule has 0 fully saturated rings. The van der Waals surface area contributed by atoms with Gasteiger partial charge in [0.2, 0.25) is 0 Å². The molecule has 5 heteroatoms. The average Bonchev–Trinajstić information content (AvgIpc) is 2.35. The van der Waals surface area contributed by atoms with Gasteiger partial charge in [-0.3, -0.25) is 4.79 Å². The Kier molecular flexibility index (Phi) is 6.15. The SMILES string of the molecule is COc1ccc(Br)c(C(=O)NCC(Br)C(C)C)c1. The van der Waals surface area contributed by atoms with E-state index < -0.39 is 0 Å². The van der Waals surface area contributed by atoms with Crippen molar-refractivity contribution in [2.24, 2.45) is 5.92 Å². The van der Waals surface area contributed by atoms with Crippen molar-refractivity contribution in [2.45, 2.75) is 18.7 Å². The van der Waals surface area contributed by atoms with Crippen LogP contribution in [0, 0.1) is 5.92 Å². The van der Waals surface area contributed by atoms with Gasteiger partial charge in [-0.25, -0.2) is 0 Å². The number of alkyl halides is 1. The van der Waals surface area contributed by atoms with Crippen LogP contribution in [0.1, 0.15) is 24.2 Å². The molecule has 0 saturated heterocycles. The molecule has 1 amide bonds. The Bertz CT molecular complexity index is 421. The molecule has 1 aromatic rings. The first kappa shape index (κ1) is 15.5. The van der Waals surface area contributed by atoms with Gasteiger partial charge in [0.05, 0.1) is 12.7 Å². The summed E-state index contributed by atoms with van der Waals surface area (Å²) < 4.78 is 5.87. The van der Waals surface area contributed by atoms with Gasteiger partial charge in [-0.1, -0.05) is 29.8 Å². The Morgan fingerprint density at radius 3 is 2.67 bits per heavy atom. The van der Waals surface area contributed by atoms with Gasteiger partial charge in [0.1, 0.15) is 5.75 Å². The van der Waals surface area contributed by atoms with Crippen LogP contribution in [0.3, 0.4) is 0 Å². The first-order valence-electron chi connectivity index (χ1n) is 5.71. The van der Waals surface area contributed by atoms with Crippen molar-refractivity contribution in [1.82, 2.24) is 5.32 Å². The molecular formula is C13H17Br2NO2. The summed E-state index contributed by atoms with van der Waals surface area (Å²) in [4.78, 5) is 12.3. The minimum absolute atomic E-state index is 0.106. The lowest BCUT2D eigenvalue weighted by Crippen LogP contribution is -2.31. The fourth-order valence-electron chi connectivity index (χ4n) is 1.33. The zero-order chi connectivity index (χ0) is 13.7. The maximum atomic E-state index is 12.0. The van der Waals surface area contributed by atoms with Crippen LogP contribution in [0.4, 0.5) is 0 Å². The summed E-state index contributed by atoms with van der Waals surface area (Å²) in [5, 5.41) is 2.90. The summed E-state index contributed by atoms with van der Waals surface area (Å²) in [6.45, 7) is 4.81. The van der Waals surface area contributed by atoms with Crippen molar-refractivity contribution in [2.75, 3.05) is 13.7 Å². The predicted molar refractivity (Wildman–Crippen MR) is 80.6 cm³/mol. The molecule has 0 radical (unpaired) electrons. The normalized spacial score (nSPS) is 12.3. The van der Waals surface area contributed by atoms with Crippen LogP contribution in [0.2, 0.25) is 0 Å². The standard InChI is InChI=1S/C13H17Br2NO2/c1-8(2)12(15)7-16-13(17)10-6-9(18-3)4-5-11(10)14/h4-6,8,12H,7H2,1-3H3,(H,16,17). The van der Waals surface area contributed by atoms with Gasteiger partial charge in [-0.15, -0.1) is 0 Å². The van der Waals surface area contributed by atoms with Crippen LogP contribution >= 0.6 is 31.9 Å². The second kappa shape index (κ2) is 7.14. The van der Waals surface area contributed by atoms with E-state index in [1.165, 1.54) is 0 Å². The number of nitrogens with one attached hydrogen (secondary N) is 1. The number of carbonyl (C=O) groups is 1. The fourth-order valence-corrected chi connectivity index (χ4v) is 1.92. The zero-order valence-electron chi connectivity index (χ0n) is 10.7. The highest BCUT2D eigenvalue weighted by molar-refractivity contribution is 9.10. The number of benzene rings is 1. The number of amides is 1. The monoisotopic (exact) mass is 377 g/mol. The van der Waals surface area contributed by atoms with Crippen molar-refractivity contribution >= 4 is 37.8 Å². The lowest BCUT2D eigenvalue weighted by Gasteiger charge is -2.15. The number of hydrogen-bond donors (Lipinski definition) is 1. The zero-order valence-corrected chi connectivity index (χ0v) is 13.8. The van der Waals surface area contributed by atoms with E-state index in [9.17, 15) is 4.79 Å². The molecule has 0 saturated carbocycles. The molecule has 0 aliphatic rings. The Morgan fingerprint density at radius 2 is 2.11 bits per heavy atom. The molecule has 0 heterocycles. The van der Waals surface area contributed by atoms with E-state index >= 15 is 0 Å². The Labute approximate surface area is 125 Å². The number of ether oxygens (including phenoxy) is 1. The van der Waals surface area contributed by atoms with E-state index in [-0.39, 0.29) is 10.7 Å². The molecule has 100 valence electrons. The van der Waals surface area contributed by atoms with E-state index in [4.69, 9.17) is 4.74 Å². The maximum Gasteiger partial charge on any atom is 0.252 e. The Morgan fingerprint density at radius 1 is 1.44 bits per heavy atom. The number of hydrogen-bond acceptors (Lipinski definition) is 2. The lowest BCUT2D eigenvalue weighted by atomic mass is 10.1. The summed E-state index contributed by atoms with van der Waals surface area (Å²) in [5.74, 6) is 1.03.